The van der Waals surface area contributed by atoms with Crippen molar-refractivity contribution in [1.29, 1.82) is 5.26 Å². The van der Waals surface area contributed by atoms with E-state index in [4.69, 9.17) is 5.26 Å². The van der Waals surface area contributed by atoms with Gasteiger partial charge < -0.3 is 0 Å². The van der Waals surface area contributed by atoms with Crippen LogP contribution in [0.5, 0.6) is 0 Å². The van der Waals surface area contributed by atoms with Crippen LogP contribution in [0, 0.1) is 49.1 Å². The number of nitro groups is 1. The Morgan fingerprint density at radius 1 is 1.12 bits per heavy atom. The van der Waals surface area contributed by atoms with Crippen LogP contribution in [0.15, 0.2) is 0 Å². The Morgan fingerprint density at radius 2 is 1.56 bits per heavy atom. The molecule has 0 heterocycles. The Hall–Kier alpha value is -1.89. The molecule has 0 aliphatic rings. The molecule has 4 heteroatoms. The molecule has 0 N–H and O–H groups in total. The molecule has 0 saturated heterocycles. The summed E-state index contributed by atoms with van der Waals surface area (Å²) in [4.78, 5) is 10.6. The van der Waals surface area contributed by atoms with Crippen LogP contribution in [0.3, 0.4) is 0 Å². The van der Waals surface area contributed by atoms with Crippen molar-refractivity contribution in [2.75, 3.05) is 0 Å². The highest BCUT2D eigenvalue weighted by Crippen LogP contribution is 2.32. The van der Waals surface area contributed by atoms with E-state index in [0.717, 1.165) is 16.7 Å². The molecule has 0 amide bonds. The zero-order valence-electron chi connectivity index (χ0n) is 9.92. The molecule has 4 nitrogen and oxygen atoms in total. The molecule has 0 fully saturated rings. The fourth-order valence-electron chi connectivity index (χ4n) is 1.99. The fourth-order valence-corrected chi connectivity index (χ4v) is 1.99. The van der Waals surface area contributed by atoms with Crippen molar-refractivity contribution < 1.29 is 4.92 Å². The molecule has 1 rings (SSSR count). The molecule has 0 radical (unpaired) electrons. The van der Waals surface area contributed by atoms with Gasteiger partial charge in [0.25, 0.3) is 5.69 Å². The number of rotatable bonds is 2. The van der Waals surface area contributed by atoms with Crippen molar-refractivity contribution in [2.24, 2.45) is 0 Å². The summed E-state index contributed by atoms with van der Waals surface area (Å²) in [5.41, 5.74) is 4.14. The molecule has 0 saturated carbocycles. The van der Waals surface area contributed by atoms with Gasteiger partial charge in [0.2, 0.25) is 0 Å². The zero-order chi connectivity index (χ0) is 12.5. The highest BCUT2D eigenvalue weighted by molar-refractivity contribution is 5.58. The minimum absolute atomic E-state index is 0.177. The third-order valence-corrected chi connectivity index (χ3v) is 3.18. The predicted octanol–water partition coefficient (Wildman–Crippen LogP) is 2.89. The van der Waals surface area contributed by atoms with Crippen LogP contribution in [-0.4, -0.2) is 4.92 Å². The van der Waals surface area contributed by atoms with Crippen LogP contribution in [0.25, 0.3) is 0 Å². The van der Waals surface area contributed by atoms with Gasteiger partial charge in [-0.2, -0.15) is 5.26 Å². The van der Waals surface area contributed by atoms with Crippen molar-refractivity contribution >= 4 is 5.69 Å². The first-order chi connectivity index (χ1) is 7.41. The zero-order valence-corrected chi connectivity index (χ0v) is 9.92. The first kappa shape index (κ1) is 12.2. The maximum absolute atomic E-state index is 11.0. The average Bonchev–Trinajstić information content (AvgIpc) is 2.21. The van der Waals surface area contributed by atoms with E-state index in [2.05, 4.69) is 6.07 Å². The normalized spacial score (nSPS) is 9.94. The lowest BCUT2D eigenvalue weighted by atomic mass is 9.91. The smallest absolute Gasteiger partial charge is 0.258 e. The van der Waals surface area contributed by atoms with Crippen molar-refractivity contribution in [3.05, 3.63) is 37.9 Å². The molecule has 0 unspecified atom stereocenters. The molecule has 0 aliphatic heterocycles. The molecular weight excluding hydrogens is 204 g/mol. The summed E-state index contributed by atoms with van der Waals surface area (Å²) in [6.45, 7) is 7.14. The van der Waals surface area contributed by atoms with Crippen molar-refractivity contribution in [3.8, 4) is 6.07 Å². The van der Waals surface area contributed by atoms with Crippen molar-refractivity contribution in [1.82, 2.24) is 0 Å². The molecule has 0 bridgehead atoms. The first-order valence-corrected chi connectivity index (χ1v) is 5.02. The molecule has 84 valence electrons. The number of nitriles is 1. The van der Waals surface area contributed by atoms with Gasteiger partial charge in [0.15, 0.2) is 0 Å². The van der Waals surface area contributed by atoms with E-state index in [1.807, 2.05) is 13.8 Å². The van der Waals surface area contributed by atoms with E-state index >= 15 is 0 Å². The quantitative estimate of drug-likeness (QED) is 0.566. The average molecular weight is 218 g/mol. The Balaban J connectivity index is 3.64. The molecule has 1 aromatic carbocycles. The van der Waals surface area contributed by atoms with E-state index in [0.29, 0.717) is 17.5 Å². The lowest BCUT2D eigenvalue weighted by Gasteiger charge is -2.13. The number of nitro benzene ring substituents is 1. The maximum Gasteiger partial charge on any atom is 0.275 e. The van der Waals surface area contributed by atoms with Crippen LogP contribution in [0.1, 0.15) is 27.8 Å². The molecular formula is C12H14N2O2. The van der Waals surface area contributed by atoms with Crippen LogP contribution in [0.2, 0.25) is 0 Å². The molecule has 0 aliphatic carbocycles. The second-order valence-corrected chi connectivity index (χ2v) is 3.92. The van der Waals surface area contributed by atoms with E-state index in [9.17, 15) is 10.1 Å². The van der Waals surface area contributed by atoms with Gasteiger partial charge in [0.05, 0.1) is 17.4 Å². The summed E-state index contributed by atoms with van der Waals surface area (Å²) < 4.78 is 0. The van der Waals surface area contributed by atoms with Gasteiger partial charge >= 0.3 is 0 Å². The molecule has 0 aromatic heterocycles. The van der Waals surface area contributed by atoms with Gasteiger partial charge in [0.1, 0.15) is 0 Å². The summed E-state index contributed by atoms with van der Waals surface area (Å²) in [6.07, 6.45) is 0.303. The summed E-state index contributed by atoms with van der Waals surface area (Å²) in [7, 11) is 0. The lowest BCUT2D eigenvalue weighted by Crippen LogP contribution is -2.04. The van der Waals surface area contributed by atoms with Crippen LogP contribution >= 0.6 is 0 Å². The van der Waals surface area contributed by atoms with Crippen LogP contribution in [-0.2, 0) is 6.42 Å². The van der Waals surface area contributed by atoms with E-state index < -0.39 is 0 Å². The Morgan fingerprint density at radius 3 is 1.88 bits per heavy atom. The number of hydrogen-bond donors (Lipinski definition) is 0. The van der Waals surface area contributed by atoms with E-state index in [1.165, 1.54) is 0 Å². The van der Waals surface area contributed by atoms with Gasteiger partial charge in [-0.25, -0.2) is 0 Å². The fraction of sp³-hybridized carbons (Fsp3) is 0.417. The van der Waals surface area contributed by atoms with Crippen molar-refractivity contribution in [2.45, 2.75) is 34.1 Å². The summed E-state index contributed by atoms with van der Waals surface area (Å²) in [5, 5.41) is 19.7. The number of benzene rings is 1. The minimum atomic E-state index is -0.346. The Labute approximate surface area is 94.7 Å². The number of nitrogens with zero attached hydrogens (tertiary/aromatic N) is 2. The third-order valence-electron chi connectivity index (χ3n) is 3.18. The molecule has 0 spiro atoms. The van der Waals surface area contributed by atoms with E-state index in [1.54, 1.807) is 13.8 Å². The second kappa shape index (κ2) is 4.31. The minimum Gasteiger partial charge on any atom is -0.258 e. The predicted molar refractivity (Wildman–Crippen MR) is 61.4 cm³/mol. The van der Waals surface area contributed by atoms with Gasteiger partial charge in [-0.05, 0) is 44.4 Å². The first-order valence-electron chi connectivity index (χ1n) is 5.02. The largest absolute Gasteiger partial charge is 0.275 e. The summed E-state index contributed by atoms with van der Waals surface area (Å²) in [5.74, 6) is 0. The highest BCUT2D eigenvalue weighted by atomic mass is 16.6. The van der Waals surface area contributed by atoms with Gasteiger partial charge in [-0.15, -0.1) is 0 Å². The maximum atomic E-state index is 11.0. The monoisotopic (exact) mass is 218 g/mol. The number of hydrogen-bond acceptors (Lipinski definition) is 3. The van der Waals surface area contributed by atoms with Crippen molar-refractivity contribution in [3.63, 3.8) is 0 Å². The Bertz CT molecular complexity index is 470. The van der Waals surface area contributed by atoms with Crippen LogP contribution in [0.4, 0.5) is 5.69 Å². The summed E-state index contributed by atoms with van der Waals surface area (Å²) in [6, 6.07) is 2.10. The third kappa shape index (κ3) is 1.76. The molecule has 16 heavy (non-hydrogen) atoms. The van der Waals surface area contributed by atoms with Crippen LogP contribution < -0.4 is 0 Å². The highest BCUT2D eigenvalue weighted by Gasteiger charge is 2.21. The topological polar surface area (TPSA) is 66.9 Å². The van der Waals surface area contributed by atoms with Gasteiger partial charge in [0, 0.05) is 11.1 Å². The Kier molecular flexibility index (Phi) is 3.28. The van der Waals surface area contributed by atoms with Gasteiger partial charge in [-0.1, -0.05) is 0 Å². The SMILES string of the molecule is Cc1c(C)c([N+](=O)[O-])c(C)c(C)c1CC#N. The standard InChI is InChI=1S/C12H14N2O2/c1-7-9(3)12(14(15)16)10(4)8(2)11(7)5-6-13/h5H2,1-4H3. The molecule has 1 aromatic rings. The van der Waals surface area contributed by atoms with E-state index in [-0.39, 0.29) is 10.6 Å². The second-order valence-electron chi connectivity index (χ2n) is 3.92. The summed E-state index contributed by atoms with van der Waals surface area (Å²) >= 11 is 0. The molecule has 0 atom stereocenters. The lowest BCUT2D eigenvalue weighted by molar-refractivity contribution is -0.386. The van der Waals surface area contributed by atoms with Gasteiger partial charge in [-0.3, -0.25) is 10.1 Å².